The molecular formula is C9H9Cl2FO3S. The second-order valence-electron chi connectivity index (χ2n) is 3.29. The average Bonchev–Trinajstić information content (AvgIpc) is 2.14. The smallest absolute Gasteiger partial charge is 0.247 e. The minimum Gasteiger partial charge on any atom is -0.384 e. The van der Waals surface area contributed by atoms with E-state index in [4.69, 9.17) is 23.2 Å². The minimum absolute atomic E-state index is 0.00424. The van der Waals surface area contributed by atoms with Gasteiger partial charge in [-0.3, -0.25) is 0 Å². The van der Waals surface area contributed by atoms with Crippen LogP contribution in [-0.4, -0.2) is 23.4 Å². The Hall–Kier alpha value is -0.360. The molecule has 0 aliphatic heterocycles. The van der Waals surface area contributed by atoms with E-state index in [0.29, 0.717) is 0 Å². The first-order chi connectivity index (χ1) is 7.16. The summed E-state index contributed by atoms with van der Waals surface area (Å²) >= 11 is 11.1. The van der Waals surface area contributed by atoms with Crippen LogP contribution in [0.1, 0.15) is 11.7 Å². The predicted molar refractivity (Wildman–Crippen MR) is 60.6 cm³/mol. The van der Waals surface area contributed by atoms with Gasteiger partial charge in [0, 0.05) is 6.26 Å². The van der Waals surface area contributed by atoms with E-state index < -0.39 is 25.4 Å². The van der Waals surface area contributed by atoms with Crippen LogP contribution in [0.15, 0.2) is 24.3 Å². The number of aliphatic hydroxyl groups excluding tert-OH is 1. The summed E-state index contributed by atoms with van der Waals surface area (Å²) in [4.78, 5) is 0. The molecule has 0 fully saturated rings. The van der Waals surface area contributed by atoms with E-state index in [0.717, 1.165) is 18.4 Å². The molecule has 0 bridgehead atoms. The lowest BCUT2D eigenvalue weighted by atomic mass is 10.1. The van der Waals surface area contributed by atoms with Crippen LogP contribution < -0.4 is 0 Å². The van der Waals surface area contributed by atoms with Crippen molar-refractivity contribution in [3.63, 3.8) is 0 Å². The second kappa shape index (κ2) is 4.49. The third-order valence-electron chi connectivity index (χ3n) is 1.98. The SMILES string of the molecule is CS(=O)(=O)C(Cl)(Cl)C(O)c1cccc(F)c1. The van der Waals surface area contributed by atoms with Crippen molar-refractivity contribution in [1.29, 1.82) is 0 Å². The summed E-state index contributed by atoms with van der Waals surface area (Å²) in [7, 11) is -3.90. The fourth-order valence-electron chi connectivity index (χ4n) is 1.07. The first-order valence-electron chi connectivity index (χ1n) is 4.17. The molecule has 0 amide bonds. The van der Waals surface area contributed by atoms with Crippen LogP contribution in [0, 0.1) is 5.82 Å². The Labute approximate surface area is 103 Å². The van der Waals surface area contributed by atoms with Crippen molar-refractivity contribution in [3.8, 4) is 0 Å². The van der Waals surface area contributed by atoms with Gasteiger partial charge in [0.2, 0.25) is 3.67 Å². The summed E-state index contributed by atoms with van der Waals surface area (Å²) in [6.45, 7) is 0. The zero-order valence-electron chi connectivity index (χ0n) is 8.19. The third kappa shape index (κ3) is 2.66. The molecule has 1 aromatic carbocycles. The molecule has 0 radical (unpaired) electrons. The molecule has 0 aliphatic rings. The summed E-state index contributed by atoms with van der Waals surface area (Å²) in [5.41, 5.74) is -0.00424. The third-order valence-corrected chi connectivity index (χ3v) is 5.28. The molecule has 1 atom stereocenters. The summed E-state index contributed by atoms with van der Waals surface area (Å²) in [5, 5.41) is 9.70. The maximum absolute atomic E-state index is 12.9. The first-order valence-corrected chi connectivity index (χ1v) is 6.82. The fraction of sp³-hybridized carbons (Fsp3) is 0.333. The summed E-state index contributed by atoms with van der Waals surface area (Å²) < 4.78 is 32.9. The van der Waals surface area contributed by atoms with Crippen LogP contribution >= 0.6 is 23.2 Å². The Morgan fingerprint density at radius 2 is 2.00 bits per heavy atom. The van der Waals surface area contributed by atoms with E-state index in [-0.39, 0.29) is 5.56 Å². The van der Waals surface area contributed by atoms with Crippen LogP contribution in [0.3, 0.4) is 0 Å². The number of sulfone groups is 1. The average molecular weight is 287 g/mol. The lowest BCUT2D eigenvalue weighted by molar-refractivity contribution is 0.181. The quantitative estimate of drug-likeness (QED) is 0.865. The van der Waals surface area contributed by atoms with Gasteiger partial charge < -0.3 is 5.11 Å². The lowest BCUT2D eigenvalue weighted by Gasteiger charge is -2.24. The molecule has 0 aromatic heterocycles. The Morgan fingerprint density at radius 1 is 1.44 bits per heavy atom. The maximum Gasteiger partial charge on any atom is 0.247 e. The summed E-state index contributed by atoms with van der Waals surface area (Å²) in [6, 6.07) is 4.77. The van der Waals surface area contributed by atoms with E-state index in [2.05, 4.69) is 0 Å². The minimum atomic E-state index is -3.90. The zero-order chi connectivity index (χ0) is 12.6. The number of hydrogen-bond donors (Lipinski definition) is 1. The highest BCUT2D eigenvalue weighted by molar-refractivity contribution is 7.94. The highest BCUT2D eigenvalue weighted by atomic mass is 35.5. The van der Waals surface area contributed by atoms with Gasteiger partial charge in [0.1, 0.15) is 11.9 Å². The largest absolute Gasteiger partial charge is 0.384 e. The van der Waals surface area contributed by atoms with Crippen LogP contribution in [0.2, 0.25) is 0 Å². The zero-order valence-corrected chi connectivity index (χ0v) is 10.5. The lowest BCUT2D eigenvalue weighted by Crippen LogP contribution is -2.32. The number of alkyl halides is 2. The summed E-state index contributed by atoms with van der Waals surface area (Å²) in [5.74, 6) is -0.616. The monoisotopic (exact) mass is 286 g/mol. The Kier molecular flexibility index (Phi) is 3.84. The van der Waals surface area contributed by atoms with Gasteiger partial charge in [-0.1, -0.05) is 35.3 Å². The van der Waals surface area contributed by atoms with Crippen LogP contribution in [0.4, 0.5) is 4.39 Å². The number of rotatable bonds is 3. The fourth-order valence-corrected chi connectivity index (χ4v) is 1.87. The van der Waals surface area contributed by atoms with Crippen molar-refractivity contribution in [2.45, 2.75) is 9.77 Å². The number of hydrogen-bond acceptors (Lipinski definition) is 3. The Balaban J connectivity index is 3.17. The van der Waals surface area contributed by atoms with E-state index in [9.17, 15) is 17.9 Å². The molecular weight excluding hydrogens is 278 g/mol. The Bertz CT molecular complexity index is 487. The van der Waals surface area contributed by atoms with Gasteiger partial charge in [-0.25, -0.2) is 12.8 Å². The van der Waals surface area contributed by atoms with E-state index in [1.165, 1.54) is 12.1 Å². The van der Waals surface area contributed by atoms with E-state index >= 15 is 0 Å². The van der Waals surface area contributed by atoms with Crippen molar-refractivity contribution >= 4 is 33.0 Å². The van der Waals surface area contributed by atoms with E-state index in [1.54, 1.807) is 0 Å². The van der Waals surface area contributed by atoms with Gasteiger partial charge in [0.15, 0.2) is 9.84 Å². The van der Waals surface area contributed by atoms with Gasteiger partial charge in [0.05, 0.1) is 0 Å². The van der Waals surface area contributed by atoms with Gasteiger partial charge in [0.25, 0.3) is 0 Å². The van der Waals surface area contributed by atoms with Crippen LogP contribution in [0.5, 0.6) is 0 Å². The maximum atomic E-state index is 12.9. The molecule has 90 valence electrons. The van der Waals surface area contributed by atoms with Gasteiger partial charge in [-0.2, -0.15) is 0 Å². The molecule has 3 nitrogen and oxygen atoms in total. The normalized spacial score (nSPS) is 14.8. The van der Waals surface area contributed by atoms with Crippen LogP contribution in [0.25, 0.3) is 0 Å². The van der Waals surface area contributed by atoms with E-state index in [1.807, 2.05) is 0 Å². The number of benzene rings is 1. The van der Waals surface area contributed by atoms with Gasteiger partial charge >= 0.3 is 0 Å². The molecule has 7 heteroatoms. The molecule has 0 aliphatic carbocycles. The van der Waals surface area contributed by atoms with Crippen molar-refractivity contribution in [2.24, 2.45) is 0 Å². The summed E-state index contributed by atoms with van der Waals surface area (Å²) in [6.07, 6.45) is -0.934. The molecule has 1 N–H and O–H groups in total. The number of aliphatic hydroxyl groups is 1. The number of halogens is 3. The molecule has 0 spiro atoms. The first kappa shape index (κ1) is 13.7. The molecule has 16 heavy (non-hydrogen) atoms. The molecule has 1 aromatic rings. The van der Waals surface area contributed by atoms with Crippen molar-refractivity contribution in [2.75, 3.05) is 6.26 Å². The molecule has 0 saturated heterocycles. The molecule has 0 saturated carbocycles. The van der Waals surface area contributed by atoms with Crippen molar-refractivity contribution < 1.29 is 17.9 Å². The molecule has 1 unspecified atom stereocenters. The predicted octanol–water partition coefficient (Wildman–Crippen LogP) is 2.04. The highest BCUT2D eigenvalue weighted by Gasteiger charge is 2.44. The molecule has 1 rings (SSSR count). The van der Waals surface area contributed by atoms with Gasteiger partial charge in [-0.15, -0.1) is 0 Å². The topological polar surface area (TPSA) is 54.4 Å². The van der Waals surface area contributed by atoms with Crippen LogP contribution in [-0.2, 0) is 9.84 Å². The van der Waals surface area contributed by atoms with Gasteiger partial charge in [-0.05, 0) is 17.7 Å². The Morgan fingerprint density at radius 3 is 2.44 bits per heavy atom. The van der Waals surface area contributed by atoms with Crippen molar-refractivity contribution in [1.82, 2.24) is 0 Å². The standard InChI is InChI=1S/C9H9Cl2FO3S/c1-16(14,15)9(10,11)8(13)6-3-2-4-7(12)5-6/h2-5,8,13H,1H3. The highest BCUT2D eigenvalue weighted by Crippen LogP contribution is 2.40. The molecule has 0 heterocycles. The second-order valence-corrected chi connectivity index (χ2v) is 7.31. The van der Waals surface area contributed by atoms with Crippen molar-refractivity contribution in [3.05, 3.63) is 35.6 Å².